The third-order valence-corrected chi connectivity index (χ3v) is 2.29. The molecule has 0 spiro atoms. The van der Waals surface area contributed by atoms with E-state index in [1.54, 1.807) is 0 Å². The van der Waals surface area contributed by atoms with E-state index in [0.717, 1.165) is 19.3 Å². The molecule has 0 radical (unpaired) electrons. The summed E-state index contributed by atoms with van der Waals surface area (Å²) in [4.78, 5) is 10.2. The fraction of sp³-hybridized carbons (Fsp3) is 0.929. The summed E-state index contributed by atoms with van der Waals surface area (Å²) in [6.07, 6.45) is 4.53. The van der Waals surface area contributed by atoms with Gasteiger partial charge in [-0.3, -0.25) is 4.79 Å². The summed E-state index contributed by atoms with van der Waals surface area (Å²) < 4.78 is 4.63. The van der Waals surface area contributed by atoms with E-state index in [1.807, 2.05) is 0 Å². The molecule has 0 aromatic heterocycles. The molecule has 116 valence electrons. The maximum Gasteiger partial charge on any atom is 0.303 e. The lowest BCUT2D eigenvalue weighted by molar-refractivity contribution is -0.137. The molecule has 0 aromatic carbocycles. The number of carboxylic acid groups (broad SMARTS) is 1. The van der Waals surface area contributed by atoms with Gasteiger partial charge in [0.2, 0.25) is 0 Å². The predicted octanol–water partition coefficient (Wildman–Crippen LogP) is 2.06. The third-order valence-electron chi connectivity index (χ3n) is 2.29. The van der Waals surface area contributed by atoms with E-state index < -0.39 is 5.97 Å². The first-order valence-corrected chi connectivity index (χ1v) is 6.84. The quantitative estimate of drug-likeness (QED) is 0.562. The standard InChI is InChI=1S/C10H20O2.C4H10O3/c1-10(2,3)8-6-4-5-7-9(11)12;5-1-3-7-4-2-6/h4-8H2,1-3H3,(H,11,12);5-6H,1-4H2. The number of rotatable bonds is 9. The molecule has 19 heavy (non-hydrogen) atoms. The lowest BCUT2D eigenvalue weighted by Gasteiger charge is -2.17. The second kappa shape index (κ2) is 13.8. The molecule has 0 saturated carbocycles. The van der Waals surface area contributed by atoms with Crippen molar-refractivity contribution in [1.29, 1.82) is 0 Å². The molecule has 0 rings (SSSR count). The molecular formula is C14H30O5. The molecule has 5 nitrogen and oxygen atoms in total. The topological polar surface area (TPSA) is 87.0 Å². The summed E-state index contributed by atoms with van der Waals surface area (Å²) in [5, 5.41) is 24.5. The van der Waals surface area contributed by atoms with E-state index in [0.29, 0.717) is 25.0 Å². The van der Waals surface area contributed by atoms with Gasteiger partial charge in [-0.1, -0.05) is 33.6 Å². The fourth-order valence-corrected chi connectivity index (χ4v) is 1.34. The van der Waals surface area contributed by atoms with Crippen molar-refractivity contribution in [3.05, 3.63) is 0 Å². The summed E-state index contributed by atoms with van der Waals surface area (Å²) in [6.45, 7) is 7.33. The van der Waals surface area contributed by atoms with Crippen molar-refractivity contribution in [2.75, 3.05) is 26.4 Å². The molecule has 0 aromatic rings. The predicted molar refractivity (Wildman–Crippen MR) is 75.2 cm³/mol. The average molecular weight is 278 g/mol. The van der Waals surface area contributed by atoms with Crippen molar-refractivity contribution < 1.29 is 24.9 Å². The van der Waals surface area contributed by atoms with E-state index in [-0.39, 0.29) is 13.2 Å². The molecule has 0 heterocycles. The molecule has 0 fully saturated rings. The molecular weight excluding hydrogens is 248 g/mol. The Kier molecular flexibility index (Phi) is 15.0. The van der Waals surface area contributed by atoms with Gasteiger partial charge in [0, 0.05) is 6.42 Å². The first kappa shape index (κ1) is 20.7. The van der Waals surface area contributed by atoms with Gasteiger partial charge in [-0.2, -0.15) is 0 Å². The highest BCUT2D eigenvalue weighted by atomic mass is 16.5. The number of aliphatic hydroxyl groups is 2. The van der Waals surface area contributed by atoms with Crippen LogP contribution in [0.4, 0.5) is 0 Å². The van der Waals surface area contributed by atoms with Crippen molar-refractivity contribution in [2.45, 2.75) is 52.9 Å². The van der Waals surface area contributed by atoms with Crippen LogP contribution in [0.25, 0.3) is 0 Å². The van der Waals surface area contributed by atoms with Crippen LogP contribution in [0, 0.1) is 5.41 Å². The van der Waals surface area contributed by atoms with E-state index in [4.69, 9.17) is 15.3 Å². The van der Waals surface area contributed by atoms with Gasteiger partial charge in [-0.15, -0.1) is 0 Å². The Balaban J connectivity index is 0. The Hall–Kier alpha value is -0.650. The van der Waals surface area contributed by atoms with Gasteiger partial charge in [-0.25, -0.2) is 0 Å². The Bertz CT molecular complexity index is 195. The number of aliphatic hydroxyl groups excluding tert-OH is 2. The van der Waals surface area contributed by atoms with Crippen LogP contribution in [-0.2, 0) is 9.53 Å². The van der Waals surface area contributed by atoms with Gasteiger partial charge in [0.05, 0.1) is 26.4 Å². The van der Waals surface area contributed by atoms with Crippen molar-refractivity contribution in [2.24, 2.45) is 5.41 Å². The zero-order valence-electron chi connectivity index (χ0n) is 12.5. The van der Waals surface area contributed by atoms with Crippen molar-refractivity contribution in [3.63, 3.8) is 0 Å². The molecule has 0 aliphatic heterocycles. The third kappa shape index (κ3) is 26.8. The number of carboxylic acids is 1. The minimum Gasteiger partial charge on any atom is -0.481 e. The summed E-state index contributed by atoms with van der Waals surface area (Å²) in [5.41, 5.74) is 0.392. The van der Waals surface area contributed by atoms with Crippen LogP contribution in [0.3, 0.4) is 0 Å². The largest absolute Gasteiger partial charge is 0.481 e. The molecule has 0 amide bonds. The second-order valence-corrected chi connectivity index (χ2v) is 5.57. The molecule has 0 saturated heterocycles. The highest BCUT2D eigenvalue weighted by molar-refractivity contribution is 5.66. The van der Waals surface area contributed by atoms with Gasteiger partial charge in [0.1, 0.15) is 0 Å². The van der Waals surface area contributed by atoms with Crippen molar-refractivity contribution >= 4 is 5.97 Å². The highest BCUT2D eigenvalue weighted by Crippen LogP contribution is 2.22. The molecule has 0 bridgehead atoms. The fourth-order valence-electron chi connectivity index (χ4n) is 1.34. The monoisotopic (exact) mass is 278 g/mol. The lowest BCUT2D eigenvalue weighted by Crippen LogP contribution is -2.04. The molecule has 0 atom stereocenters. The van der Waals surface area contributed by atoms with Crippen LogP contribution in [-0.4, -0.2) is 47.7 Å². The van der Waals surface area contributed by atoms with Crippen LogP contribution in [0.2, 0.25) is 0 Å². The summed E-state index contributed by atoms with van der Waals surface area (Å²) in [6, 6.07) is 0. The van der Waals surface area contributed by atoms with Crippen LogP contribution >= 0.6 is 0 Å². The van der Waals surface area contributed by atoms with E-state index >= 15 is 0 Å². The van der Waals surface area contributed by atoms with Crippen LogP contribution in [0.1, 0.15) is 52.9 Å². The minimum atomic E-state index is -0.675. The Morgan fingerprint density at radius 3 is 1.89 bits per heavy atom. The van der Waals surface area contributed by atoms with Gasteiger partial charge >= 0.3 is 5.97 Å². The Morgan fingerprint density at radius 1 is 1.00 bits per heavy atom. The molecule has 5 heteroatoms. The summed E-state index contributed by atoms with van der Waals surface area (Å²) in [7, 11) is 0. The van der Waals surface area contributed by atoms with Crippen LogP contribution in [0.5, 0.6) is 0 Å². The number of hydrogen-bond acceptors (Lipinski definition) is 4. The van der Waals surface area contributed by atoms with Gasteiger partial charge in [0.15, 0.2) is 0 Å². The Labute approximate surface area is 116 Å². The van der Waals surface area contributed by atoms with Crippen molar-refractivity contribution in [1.82, 2.24) is 0 Å². The maximum atomic E-state index is 10.2. The summed E-state index contributed by atoms with van der Waals surface area (Å²) >= 11 is 0. The normalized spacial score (nSPS) is 10.8. The van der Waals surface area contributed by atoms with Crippen molar-refractivity contribution in [3.8, 4) is 0 Å². The number of unbranched alkanes of at least 4 members (excludes halogenated alkanes) is 2. The highest BCUT2D eigenvalue weighted by Gasteiger charge is 2.08. The van der Waals surface area contributed by atoms with Gasteiger partial charge < -0.3 is 20.1 Å². The zero-order valence-corrected chi connectivity index (χ0v) is 12.5. The molecule has 0 aliphatic carbocycles. The minimum absolute atomic E-state index is 0.0278. The number of aliphatic carboxylic acids is 1. The maximum absolute atomic E-state index is 10.2. The number of hydrogen-bond donors (Lipinski definition) is 3. The first-order chi connectivity index (χ1) is 8.83. The smallest absolute Gasteiger partial charge is 0.303 e. The second-order valence-electron chi connectivity index (χ2n) is 5.57. The van der Waals surface area contributed by atoms with E-state index in [1.165, 1.54) is 6.42 Å². The SMILES string of the molecule is CC(C)(C)CCCCCC(=O)O.OCCOCCO. The molecule has 3 N–H and O–H groups in total. The average Bonchev–Trinajstić information content (AvgIpc) is 2.28. The van der Waals surface area contributed by atoms with Crippen LogP contribution < -0.4 is 0 Å². The number of carbonyl (C=O) groups is 1. The van der Waals surface area contributed by atoms with Gasteiger partial charge in [-0.05, 0) is 18.3 Å². The van der Waals surface area contributed by atoms with E-state index in [2.05, 4.69) is 25.5 Å². The lowest BCUT2D eigenvalue weighted by atomic mass is 9.89. The summed E-state index contributed by atoms with van der Waals surface area (Å²) in [5.74, 6) is -0.675. The Morgan fingerprint density at radius 2 is 1.53 bits per heavy atom. The van der Waals surface area contributed by atoms with Gasteiger partial charge in [0.25, 0.3) is 0 Å². The zero-order chi connectivity index (χ0) is 15.1. The molecule has 0 unspecified atom stereocenters. The first-order valence-electron chi connectivity index (χ1n) is 6.84. The van der Waals surface area contributed by atoms with E-state index in [9.17, 15) is 4.79 Å². The number of ether oxygens (including phenoxy) is 1. The van der Waals surface area contributed by atoms with Crippen LogP contribution in [0.15, 0.2) is 0 Å². The molecule has 0 aliphatic rings.